The fourth-order valence-corrected chi connectivity index (χ4v) is 5.76. The minimum atomic E-state index is -0.608. The Morgan fingerprint density at radius 2 is 1.84 bits per heavy atom. The maximum absolute atomic E-state index is 13.1. The Morgan fingerprint density at radius 3 is 2.62 bits per heavy atom. The molecule has 3 amide bonds. The lowest BCUT2D eigenvalue weighted by Crippen LogP contribution is -2.55. The molecular weight excluding hydrogens is 468 g/mol. The van der Waals surface area contributed by atoms with Crippen LogP contribution >= 0.6 is 0 Å². The minimum absolute atomic E-state index is 0.00222. The molecule has 2 N–H and O–H groups in total. The number of ether oxygens (including phenoxy) is 1. The fraction of sp³-hybridized carbons (Fsp3) is 0.483. The molecule has 4 aliphatic rings. The number of hydrogen-bond donors (Lipinski definition) is 2. The Kier molecular flexibility index (Phi) is 6.69. The predicted octanol–water partition coefficient (Wildman–Crippen LogP) is 2.47. The van der Waals surface area contributed by atoms with E-state index in [2.05, 4.69) is 39.8 Å². The number of carbonyl (C=O) groups is 3. The van der Waals surface area contributed by atoms with E-state index in [1.807, 2.05) is 24.3 Å². The molecule has 1 aliphatic carbocycles. The molecule has 0 radical (unpaired) electrons. The van der Waals surface area contributed by atoms with E-state index in [0.717, 1.165) is 49.8 Å². The summed E-state index contributed by atoms with van der Waals surface area (Å²) in [6.07, 6.45) is 4.26. The molecule has 3 heterocycles. The van der Waals surface area contributed by atoms with Crippen molar-refractivity contribution in [2.24, 2.45) is 5.92 Å². The topological polar surface area (TPSA) is 91.0 Å². The van der Waals surface area contributed by atoms with Gasteiger partial charge in [0, 0.05) is 44.2 Å². The second-order valence-electron chi connectivity index (χ2n) is 10.8. The van der Waals surface area contributed by atoms with E-state index < -0.39 is 6.04 Å². The summed E-state index contributed by atoms with van der Waals surface area (Å²) < 4.78 is 6.61. The lowest BCUT2D eigenvalue weighted by Gasteiger charge is -2.39. The molecule has 3 fully saturated rings. The monoisotopic (exact) mass is 502 g/mol. The lowest BCUT2D eigenvalue weighted by atomic mass is 10.00. The number of imide groups is 1. The van der Waals surface area contributed by atoms with Gasteiger partial charge < -0.3 is 15.0 Å². The number of amides is 3. The van der Waals surface area contributed by atoms with Crippen molar-refractivity contribution in [3.8, 4) is 5.75 Å². The molecule has 8 nitrogen and oxygen atoms in total. The van der Waals surface area contributed by atoms with Gasteiger partial charge in [0.25, 0.3) is 5.91 Å². The molecule has 6 rings (SSSR count). The number of hydrogen-bond acceptors (Lipinski definition) is 6. The molecular formula is C29H34N4O4. The number of carbonyl (C=O) groups excluding carboxylic acids is 3. The van der Waals surface area contributed by atoms with Gasteiger partial charge in [-0.05, 0) is 67.5 Å². The maximum Gasteiger partial charge on any atom is 0.255 e. The Hall–Kier alpha value is -3.23. The Morgan fingerprint density at radius 1 is 1.00 bits per heavy atom. The molecule has 3 aliphatic heterocycles. The summed E-state index contributed by atoms with van der Waals surface area (Å²) in [5.74, 6) is 0.722. The first-order valence-electron chi connectivity index (χ1n) is 13.5. The molecule has 194 valence electrons. The van der Waals surface area contributed by atoms with Gasteiger partial charge in [-0.15, -0.1) is 0 Å². The summed E-state index contributed by atoms with van der Waals surface area (Å²) in [6.45, 7) is 4.15. The molecule has 0 spiro atoms. The quantitative estimate of drug-likeness (QED) is 0.539. The van der Waals surface area contributed by atoms with Crippen LogP contribution in [0.4, 0.5) is 0 Å². The summed E-state index contributed by atoms with van der Waals surface area (Å²) in [5, 5.41) is 6.13. The third-order valence-electron chi connectivity index (χ3n) is 8.04. The van der Waals surface area contributed by atoms with E-state index >= 15 is 0 Å². The van der Waals surface area contributed by atoms with E-state index in [1.54, 1.807) is 4.90 Å². The van der Waals surface area contributed by atoms with Crippen molar-refractivity contribution in [2.45, 2.75) is 63.4 Å². The third-order valence-corrected chi connectivity index (χ3v) is 8.04. The van der Waals surface area contributed by atoms with Gasteiger partial charge in [0.05, 0.1) is 0 Å². The highest BCUT2D eigenvalue weighted by molar-refractivity contribution is 6.05. The van der Waals surface area contributed by atoms with E-state index in [0.29, 0.717) is 18.5 Å². The van der Waals surface area contributed by atoms with Crippen LogP contribution < -0.4 is 15.4 Å². The number of nitrogens with zero attached hydrogens (tertiary/aromatic N) is 2. The highest BCUT2D eigenvalue weighted by Gasteiger charge is 2.39. The smallest absolute Gasteiger partial charge is 0.255 e. The van der Waals surface area contributed by atoms with Crippen LogP contribution in [0.25, 0.3) is 0 Å². The van der Waals surface area contributed by atoms with Crippen molar-refractivity contribution < 1.29 is 19.1 Å². The molecule has 0 bridgehead atoms. The van der Waals surface area contributed by atoms with Gasteiger partial charge in [0.2, 0.25) is 11.8 Å². The van der Waals surface area contributed by atoms with Crippen molar-refractivity contribution in [2.75, 3.05) is 19.6 Å². The summed E-state index contributed by atoms with van der Waals surface area (Å²) in [7, 11) is 0. The molecule has 1 saturated carbocycles. The zero-order valence-electron chi connectivity index (χ0n) is 21.0. The van der Waals surface area contributed by atoms with Crippen LogP contribution in [0.15, 0.2) is 48.5 Å². The number of piperidine rings is 2. The second-order valence-corrected chi connectivity index (χ2v) is 10.8. The van der Waals surface area contributed by atoms with Gasteiger partial charge in [-0.2, -0.15) is 0 Å². The highest BCUT2D eigenvalue weighted by Crippen LogP contribution is 2.32. The van der Waals surface area contributed by atoms with E-state index in [9.17, 15) is 14.4 Å². The number of nitrogens with one attached hydrogen (secondary N) is 2. The molecule has 0 aromatic heterocycles. The van der Waals surface area contributed by atoms with Crippen molar-refractivity contribution >= 4 is 17.7 Å². The zero-order chi connectivity index (χ0) is 25.4. The molecule has 2 aromatic carbocycles. The molecule has 2 saturated heterocycles. The third kappa shape index (κ3) is 5.40. The van der Waals surface area contributed by atoms with Crippen LogP contribution in [0.2, 0.25) is 0 Å². The van der Waals surface area contributed by atoms with Gasteiger partial charge in [0.15, 0.2) is 0 Å². The second kappa shape index (κ2) is 10.3. The van der Waals surface area contributed by atoms with Crippen molar-refractivity contribution in [1.82, 2.24) is 20.4 Å². The van der Waals surface area contributed by atoms with Crippen LogP contribution in [0.1, 0.15) is 53.6 Å². The van der Waals surface area contributed by atoms with Crippen LogP contribution in [-0.2, 0) is 22.7 Å². The van der Waals surface area contributed by atoms with E-state index in [1.165, 1.54) is 18.4 Å². The van der Waals surface area contributed by atoms with E-state index in [4.69, 9.17) is 4.74 Å². The fourth-order valence-electron chi connectivity index (χ4n) is 5.76. The summed E-state index contributed by atoms with van der Waals surface area (Å²) >= 11 is 0. The van der Waals surface area contributed by atoms with Crippen molar-refractivity contribution in [3.05, 3.63) is 65.2 Å². The molecule has 37 heavy (non-hydrogen) atoms. The summed E-state index contributed by atoms with van der Waals surface area (Å²) in [5.41, 5.74) is 2.77. The van der Waals surface area contributed by atoms with Gasteiger partial charge in [-0.25, -0.2) is 0 Å². The predicted molar refractivity (Wildman–Crippen MR) is 138 cm³/mol. The van der Waals surface area contributed by atoms with E-state index in [-0.39, 0.29) is 36.3 Å². The Balaban J connectivity index is 1.15. The first-order chi connectivity index (χ1) is 18.0. The van der Waals surface area contributed by atoms with Crippen LogP contribution in [0.3, 0.4) is 0 Å². The van der Waals surface area contributed by atoms with Crippen LogP contribution in [-0.4, -0.2) is 65.3 Å². The minimum Gasteiger partial charge on any atom is -0.487 e. The summed E-state index contributed by atoms with van der Waals surface area (Å²) in [6, 6.07) is 15.9. The highest BCUT2D eigenvalue weighted by atomic mass is 16.5. The average molecular weight is 503 g/mol. The number of fused-ring (bicyclic) bond motifs is 1. The van der Waals surface area contributed by atoms with Gasteiger partial charge in [-0.3, -0.25) is 24.6 Å². The number of likely N-dealkylation sites (tertiary alicyclic amines) is 1. The van der Waals surface area contributed by atoms with Crippen molar-refractivity contribution in [3.63, 3.8) is 0 Å². The maximum atomic E-state index is 13.1. The zero-order valence-corrected chi connectivity index (χ0v) is 21.0. The van der Waals surface area contributed by atoms with Gasteiger partial charge in [0.1, 0.15) is 17.9 Å². The number of rotatable bonds is 8. The van der Waals surface area contributed by atoms with Gasteiger partial charge in [-0.1, -0.05) is 30.3 Å². The Labute approximate surface area is 217 Å². The van der Waals surface area contributed by atoms with Crippen LogP contribution in [0, 0.1) is 5.92 Å². The summed E-state index contributed by atoms with van der Waals surface area (Å²) in [4.78, 5) is 41.0. The van der Waals surface area contributed by atoms with Crippen LogP contribution in [0.5, 0.6) is 5.75 Å². The lowest BCUT2D eigenvalue weighted by molar-refractivity contribution is -0.136. The largest absolute Gasteiger partial charge is 0.487 e. The molecule has 8 heteroatoms. The van der Waals surface area contributed by atoms with Gasteiger partial charge >= 0.3 is 0 Å². The molecule has 3 unspecified atom stereocenters. The van der Waals surface area contributed by atoms with Crippen molar-refractivity contribution in [1.29, 1.82) is 0 Å². The standard InChI is InChI=1S/C29H34N4O4/c34-27-11-10-25(28(35)31-27)33-17-21-14-22(8-9-23(21)29(33)36)37-26-18-32(16-20-4-2-1-3-5-20)13-12-24(26)30-15-19-6-7-19/h1-5,8-9,14,19,24-26,30H,6-7,10-13,15-18H2,(H,31,34,35). The molecule has 2 aromatic rings. The average Bonchev–Trinajstić information content (AvgIpc) is 3.67. The normalized spacial score (nSPS) is 26.2. The SMILES string of the molecule is O=C1CCC(N2Cc3cc(OC4CN(Cc5ccccc5)CCC4NCC4CC4)ccc3C2=O)C(=O)N1. The first-order valence-corrected chi connectivity index (χ1v) is 13.5. The Bertz CT molecular complexity index is 1180. The number of benzene rings is 2. The molecule has 3 atom stereocenters. The first kappa shape index (κ1) is 24.1.